The van der Waals surface area contributed by atoms with Crippen LogP contribution in [-0.4, -0.2) is 6.71 Å². The topological polar surface area (TPSA) is 10.4 Å². The van der Waals surface area contributed by atoms with Crippen LogP contribution in [0.25, 0.3) is 22.4 Å². The second kappa shape index (κ2) is 14.2. The van der Waals surface area contributed by atoms with Crippen molar-refractivity contribution >= 4 is 80.7 Å². The number of fused-ring (bicyclic) bond motifs is 8. The van der Waals surface area contributed by atoms with Gasteiger partial charge in [-0.25, -0.2) is 4.57 Å². The Labute approximate surface area is 396 Å². The van der Waals surface area contributed by atoms with E-state index in [4.69, 9.17) is 0 Å². The van der Waals surface area contributed by atoms with Crippen LogP contribution >= 0.6 is 23.5 Å². The summed E-state index contributed by atoms with van der Waals surface area (Å²) in [5.41, 5.74) is 23.6. The summed E-state index contributed by atoms with van der Waals surface area (Å²) < 4.78 is 2.32. The molecule has 6 heteroatoms. The number of nitrogens with zero attached hydrogens (tertiary/aromatic N) is 3. The van der Waals surface area contributed by atoms with E-state index in [1.165, 1.54) is 120 Å². The molecule has 0 amide bonds. The largest absolute Gasteiger partial charge is 0.309 e. The van der Waals surface area contributed by atoms with Crippen molar-refractivity contribution in [3.63, 3.8) is 0 Å². The standard InChI is InChI=1S/C59H61BN3S2/c1-34-17-15-16-18-41(34)44-22-19-35(33-61(44)14)36-25-47-53-48(26-36)63-46-24-21-38(57(5,6)7)30-50(46)65-52-32-40(59(11,12)13)28-43(55(52)63)60(53)42-27-39(58(8,9)10)31-51-54(42)62(47)45-23-20-37(56(2,3)4)29-49(45)64-51/h15-33H,1-14H3/q+1. The first-order valence-corrected chi connectivity index (χ1v) is 25.1. The molecule has 3 nitrogen and oxygen atoms in total. The third kappa shape index (κ3) is 6.67. The lowest BCUT2D eigenvalue weighted by Crippen LogP contribution is -2.62. The Hall–Kier alpha value is -5.17. The average Bonchev–Trinajstić information content (AvgIpc) is 3.23. The molecular weight excluding hydrogens is 826 g/mol. The number of aromatic nitrogens is 1. The minimum atomic E-state index is -0.0374. The summed E-state index contributed by atoms with van der Waals surface area (Å²) in [7, 11) is 2.20. The molecule has 6 aromatic carbocycles. The van der Waals surface area contributed by atoms with Gasteiger partial charge in [0.05, 0.1) is 22.7 Å². The Morgan fingerprint density at radius 1 is 0.462 bits per heavy atom. The molecule has 5 heterocycles. The summed E-state index contributed by atoms with van der Waals surface area (Å²) in [6.45, 7) is 30.5. The molecule has 0 bridgehead atoms. The lowest BCUT2D eigenvalue weighted by molar-refractivity contribution is -0.659. The number of rotatable bonds is 2. The highest BCUT2D eigenvalue weighted by Crippen LogP contribution is 2.59. The van der Waals surface area contributed by atoms with Crippen molar-refractivity contribution in [2.75, 3.05) is 9.80 Å². The fourth-order valence-corrected chi connectivity index (χ4v) is 12.9. The Morgan fingerprint density at radius 2 is 0.923 bits per heavy atom. The van der Waals surface area contributed by atoms with E-state index in [0.717, 1.165) is 0 Å². The molecule has 11 rings (SSSR count). The minimum Gasteiger partial charge on any atom is -0.309 e. The Bertz CT molecular complexity index is 3030. The van der Waals surface area contributed by atoms with Gasteiger partial charge in [0.25, 0.3) is 6.71 Å². The summed E-state index contributed by atoms with van der Waals surface area (Å²) >= 11 is 3.93. The number of hydrogen-bond donors (Lipinski definition) is 0. The smallest absolute Gasteiger partial charge is 0.252 e. The first-order valence-electron chi connectivity index (χ1n) is 23.4. The zero-order chi connectivity index (χ0) is 45.9. The molecule has 0 atom stereocenters. The molecule has 65 heavy (non-hydrogen) atoms. The minimum absolute atomic E-state index is 0.0268. The van der Waals surface area contributed by atoms with Crippen LogP contribution in [0.4, 0.5) is 34.1 Å². The maximum Gasteiger partial charge on any atom is 0.252 e. The van der Waals surface area contributed by atoms with Gasteiger partial charge in [-0.3, -0.25) is 0 Å². The van der Waals surface area contributed by atoms with Crippen LogP contribution in [0.1, 0.15) is 111 Å². The van der Waals surface area contributed by atoms with Crippen molar-refractivity contribution in [3.05, 3.63) is 143 Å². The molecule has 0 saturated heterocycles. The molecule has 0 radical (unpaired) electrons. The van der Waals surface area contributed by atoms with E-state index in [1.54, 1.807) is 0 Å². The van der Waals surface area contributed by atoms with E-state index in [-0.39, 0.29) is 28.4 Å². The van der Waals surface area contributed by atoms with Crippen molar-refractivity contribution < 1.29 is 4.57 Å². The highest BCUT2D eigenvalue weighted by atomic mass is 32.2. The highest BCUT2D eigenvalue weighted by molar-refractivity contribution is 8.00. The maximum atomic E-state index is 2.66. The van der Waals surface area contributed by atoms with Gasteiger partial charge in [-0.05, 0) is 139 Å². The number of aryl methyl sites for hydroxylation is 2. The molecule has 0 unspecified atom stereocenters. The van der Waals surface area contributed by atoms with Gasteiger partial charge in [0, 0.05) is 48.1 Å². The molecule has 0 saturated carbocycles. The summed E-state index contributed by atoms with van der Waals surface area (Å²) in [6.07, 6.45) is 2.34. The first kappa shape index (κ1) is 42.5. The molecule has 1 aromatic heterocycles. The van der Waals surface area contributed by atoms with Crippen LogP contribution in [0.5, 0.6) is 0 Å². The fraction of sp³-hybridized carbons (Fsp3) is 0.305. The predicted molar refractivity (Wildman–Crippen MR) is 280 cm³/mol. The number of benzene rings is 6. The molecule has 0 N–H and O–H groups in total. The van der Waals surface area contributed by atoms with Crippen LogP contribution < -0.4 is 30.8 Å². The molecular formula is C59H61BN3S2+. The van der Waals surface area contributed by atoms with E-state index in [1.807, 2.05) is 23.5 Å². The van der Waals surface area contributed by atoms with Crippen LogP contribution in [-0.2, 0) is 28.7 Å². The molecule has 326 valence electrons. The Kier molecular flexibility index (Phi) is 9.26. The van der Waals surface area contributed by atoms with Gasteiger partial charge >= 0.3 is 0 Å². The van der Waals surface area contributed by atoms with Crippen molar-refractivity contribution in [1.29, 1.82) is 0 Å². The molecule has 0 fully saturated rings. The predicted octanol–water partition coefficient (Wildman–Crippen LogP) is 14.4. The summed E-state index contributed by atoms with van der Waals surface area (Å²) in [4.78, 5) is 10.6. The quantitative estimate of drug-likeness (QED) is 0.126. The first-order chi connectivity index (χ1) is 30.6. The second-order valence-corrected chi connectivity index (χ2v) is 25.3. The van der Waals surface area contributed by atoms with Gasteiger partial charge in [0.2, 0.25) is 5.69 Å². The normalized spacial score (nSPS) is 14.7. The molecule has 4 aliphatic rings. The fourth-order valence-electron chi connectivity index (χ4n) is 10.5. The Morgan fingerprint density at radius 3 is 1.37 bits per heavy atom. The van der Waals surface area contributed by atoms with Gasteiger partial charge in [0.15, 0.2) is 6.20 Å². The van der Waals surface area contributed by atoms with Gasteiger partial charge in [0.1, 0.15) is 7.05 Å². The average molecular weight is 887 g/mol. The van der Waals surface area contributed by atoms with E-state index in [9.17, 15) is 0 Å². The van der Waals surface area contributed by atoms with Crippen molar-refractivity contribution in [1.82, 2.24) is 0 Å². The van der Waals surface area contributed by atoms with Crippen molar-refractivity contribution in [2.24, 2.45) is 7.05 Å². The van der Waals surface area contributed by atoms with Crippen LogP contribution in [0, 0.1) is 6.92 Å². The van der Waals surface area contributed by atoms with Gasteiger partial charge < -0.3 is 9.80 Å². The SMILES string of the molecule is Cc1ccccc1-c1ccc(-c2cc3c4c(c2)N2c5ccc(C(C)(C)C)cc5Sc5cc(C(C)(C)C)cc(c52)B4c2cc(C(C)(C)C)cc4c2N3c2ccc(C(C)(C)C)cc2S4)c[n+]1C. The zero-order valence-electron chi connectivity index (χ0n) is 40.7. The molecule has 0 aliphatic carbocycles. The molecule has 7 aromatic rings. The maximum absolute atomic E-state index is 2.66. The summed E-state index contributed by atoms with van der Waals surface area (Å²) in [5.74, 6) is 0. The van der Waals surface area contributed by atoms with Crippen LogP contribution in [0.2, 0.25) is 0 Å². The third-order valence-corrected chi connectivity index (χ3v) is 16.5. The lowest BCUT2D eigenvalue weighted by Gasteiger charge is -2.48. The highest BCUT2D eigenvalue weighted by Gasteiger charge is 2.49. The number of anilines is 6. The second-order valence-electron chi connectivity index (χ2n) is 23.2. The van der Waals surface area contributed by atoms with E-state index >= 15 is 0 Å². The van der Waals surface area contributed by atoms with Crippen LogP contribution in [0.3, 0.4) is 0 Å². The summed E-state index contributed by atoms with van der Waals surface area (Å²) in [5, 5.41) is 0. The zero-order valence-corrected chi connectivity index (χ0v) is 42.3. The van der Waals surface area contributed by atoms with Crippen molar-refractivity contribution in [2.45, 2.75) is 131 Å². The van der Waals surface area contributed by atoms with Gasteiger partial charge in [-0.2, -0.15) is 0 Å². The van der Waals surface area contributed by atoms with Crippen molar-refractivity contribution in [3.8, 4) is 22.4 Å². The van der Waals surface area contributed by atoms with Crippen LogP contribution in [0.15, 0.2) is 135 Å². The van der Waals surface area contributed by atoms with Gasteiger partial charge in [-0.1, -0.05) is 149 Å². The third-order valence-electron chi connectivity index (χ3n) is 14.4. The summed E-state index contributed by atoms with van der Waals surface area (Å²) in [6, 6.07) is 43.2. The van der Waals surface area contributed by atoms with E-state index in [0.29, 0.717) is 0 Å². The van der Waals surface area contributed by atoms with E-state index in [2.05, 4.69) is 227 Å². The molecule has 4 aliphatic heterocycles. The molecule has 0 spiro atoms. The lowest BCUT2D eigenvalue weighted by atomic mass is 9.33. The Balaban J connectivity index is 1.26. The monoisotopic (exact) mass is 886 g/mol. The number of hydrogen-bond acceptors (Lipinski definition) is 4. The van der Waals surface area contributed by atoms with E-state index < -0.39 is 0 Å². The van der Waals surface area contributed by atoms with Gasteiger partial charge in [-0.15, -0.1) is 0 Å². The number of pyridine rings is 1.